The molecule has 15 heavy (non-hydrogen) atoms. The number of aromatic nitrogens is 1. The minimum absolute atomic E-state index is 0.0150. The Morgan fingerprint density at radius 1 is 1.53 bits per heavy atom. The number of hydrogen-bond acceptors (Lipinski definition) is 2. The van der Waals surface area contributed by atoms with Crippen molar-refractivity contribution in [2.45, 2.75) is 13.5 Å². The lowest BCUT2D eigenvalue weighted by Gasteiger charge is -2.13. The second kappa shape index (κ2) is 5.82. The zero-order valence-corrected chi connectivity index (χ0v) is 11.9. The molecule has 1 atom stereocenters. The lowest BCUT2D eigenvalue weighted by Crippen LogP contribution is -2.27. The Bertz CT molecular complexity index is 389. The van der Waals surface area contributed by atoms with Crippen LogP contribution in [0.15, 0.2) is 26.0 Å². The van der Waals surface area contributed by atoms with E-state index in [1.165, 1.54) is 0 Å². The van der Waals surface area contributed by atoms with Crippen molar-refractivity contribution in [1.29, 1.82) is 0 Å². The number of nitrogens with zero attached hydrogens (tertiary/aromatic N) is 1. The number of pyridine rings is 1. The van der Waals surface area contributed by atoms with Gasteiger partial charge in [0.1, 0.15) is 0 Å². The van der Waals surface area contributed by atoms with Crippen LogP contribution >= 0.6 is 31.9 Å². The molecule has 0 aliphatic carbocycles. The Kier molecular flexibility index (Phi) is 5.02. The van der Waals surface area contributed by atoms with Gasteiger partial charge >= 0.3 is 0 Å². The summed E-state index contributed by atoms with van der Waals surface area (Å²) in [6, 6.07) is 1.77. The second-order valence-corrected chi connectivity index (χ2v) is 5.40. The van der Waals surface area contributed by atoms with Gasteiger partial charge in [-0.3, -0.25) is 4.79 Å². The van der Waals surface area contributed by atoms with Crippen LogP contribution in [0.2, 0.25) is 0 Å². The third-order valence-corrected chi connectivity index (χ3v) is 3.07. The molecule has 0 amide bonds. The Morgan fingerprint density at radius 3 is 2.80 bits per heavy atom. The molecule has 0 saturated heterocycles. The van der Waals surface area contributed by atoms with Gasteiger partial charge in [0.2, 0.25) is 0 Å². The van der Waals surface area contributed by atoms with Gasteiger partial charge in [0, 0.05) is 17.2 Å². The highest BCUT2D eigenvalue weighted by Crippen LogP contribution is 2.13. The van der Waals surface area contributed by atoms with Crippen LogP contribution in [0.3, 0.4) is 0 Å². The smallest absolute Gasteiger partial charge is 0.264 e. The highest BCUT2D eigenvalue weighted by Gasteiger charge is 2.06. The van der Waals surface area contributed by atoms with Crippen molar-refractivity contribution in [2.24, 2.45) is 5.92 Å². The molecule has 3 nitrogen and oxygen atoms in total. The van der Waals surface area contributed by atoms with Gasteiger partial charge in [-0.2, -0.15) is 0 Å². The molecule has 0 saturated carbocycles. The fourth-order valence-corrected chi connectivity index (χ4v) is 2.71. The minimum atomic E-state index is 0.0150. The van der Waals surface area contributed by atoms with E-state index in [1.807, 2.05) is 13.2 Å². The van der Waals surface area contributed by atoms with E-state index < -0.39 is 0 Å². The summed E-state index contributed by atoms with van der Waals surface area (Å²) in [6.45, 7) is 3.73. The fourth-order valence-electron chi connectivity index (χ4n) is 1.45. The van der Waals surface area contributed by atoms with E-state index in [1.54, 1.807) is 10.6 Å². The molecule has 1 aromatic rings. The first-order chi connectivity index (χ1) is 7.04. The van der Waals surface area contributed by atoms with Crippen molar-refractivity contribution in [3.8, 4) is 0 Å². The van der Waals surface area contributed by atoms with Gasteiger partial charge in [0.15, 0.2) is 0 Å². The van der Waals surface area contributed by atoms with Gasteiger partial charge in [-0.05, 0) is 57.4 Å². The number of rotatable bonds is 4. The Labute approximate surface area is 106 Å². The summed E-state index contributed by atoms with van der Waals surface area (Å²) >= 11 is 6.62. The maximum absolute atomic E-state index is 11.7. The maximum atomic E-state index is 11.7. The summed E-state index contributed by atoms with van der Waals surface area (Å²) in [5, 5.41) is 3.10. The zero-order chi connectivity index (χ0) is 11.4. The highest BCUT2D eigenvalue weighted by atomic mass is 79.9. The second-order valence-electron chi connectivity index (χ2n) is 3.63. The van der Waals surface area contributed by atoms with Crippen LogP contribution in [0.5, 0.6) is 0 Å². The van der Waals surface area contributed by atoms with Gasteiger partial charge in [-0.25, -0.2) is 0 Å². The van der Waals surface area contributed by atoms with Crippen LogP contribution in [-0.4, -0.2) is 18.2 Å². The third-order valence-electron chi connectivity index (χ3n) is 2.07. The molecule has 0 fully saturated rings. The van der Waals surface area contributed by atoms with Crippen LogP contribution in [0.1, 0.15) is 6.92 Å². The Hall–Kier alpha value is -0.130. The van der Waals surface area contributed by atoms with Crippen molar-refractivity contribution in [3.63, 3.8) is 0 Å². The molecule has 5 heteroatoms. The van der Waals surface area contributed by atoms with Gasteiger partial charge in [-0.1, -0.05) is 6.92 Å². The van der Waals surface area contributed by atoms with E-state index in [9.17, 15) is 4.79 Å². The van der Waals surface area contributed by atoms with Crippen LogP contribution in [0, 0.1) is 5.92 Å². The van der Waals surface area contributed by atoms with Crippen LogP contribution in [-0.2, 0) is 6.54 Å². The molecule has 1 N–H and O–H groups in total. The van der Waals surface area contributed by atoms with Crippen molar-refractivity contribution in [1.82, 2.24) is 9.88 Å². The van der Waals surface area contributed by atoms with Gasteiger partial charge in [-0.15, -0.1) is 0 Å². The topological polar surface area (TPSA) is 34.0 Å². The standard InChI is InChI=1S/C10H14Br2N2O/c1-7(4-13-2)5-14-6-8(11)3-9(12)10(14)15/h3,6-7,13H,4-5H2,1-2H3. The fraction of sp³-hybridized carbons (Fsp3) is 0.500. The monoisotopic (exact) mass is 336 g/mol. The molecule has 0 bridgehead atoms. The summed E-state index contributed by atoms with van der Waals surface area (Å²) in [7, 11) is 1.91. The molecule has 0 radical (unpaired) electrons. The van der Waals surface area contributed by atoms with Crippen LogP contribution < -0.4 is 10.9 Å². The van der Waals surface area contributed by atoms with Crippen molar-refractivity contribution in [3.05, 3.63) is 31.6 Å². The van der Waals surface area contributed by atoms with Gasteiger partial charge in [0.05, 0.1) is 4.47 Å². The first-order valence-electron chi connectivity index (χ1n) is 4.74. The van der Waals surface area contributed by atoms with Gasteiger partial charge < -0.3 is 9.88 Å². The largest absolute Gasteiger partial charge is 0.319 e. The predicted octanol–water partition coefficient (Wildman–Crippen LogP) is 2.23. The predicted molar refractivity (Wildman–Crippen MR) is 69.2 cm³/mol. The summed E-state index contributed by atoms with van der Waals surface area (Å²) < 4.78 is 3.22. The lowest BCUT2D eigenvalue weighted by atomic mass is 10.2. The SMILES string of the molecule is CNCC(C)Cn1cc(Br)cc(Br)c1=O. The summed E-state index contributed by atoms with van der Waals surface area (Å²) in [5.74, 6) is 0.425. The molecule has 0 aliphatic rings. The van der Waals surface area contributed by atoms with E-state index in [-0.39, 0.29) is 5.56 Å². The van der Waals surface area contributed by atoms with E-state index in [2.05, 4.69) is 44.1 Å². The zero-order valence-electron chi connectivity index (χ0n) is 8.76. The Balaban J connectivity index is 2.90. The summed E-state index contributed by atoms with van der Waals surface area (Å²) in [6.07, 6.45) is 1.82. The van der Waals surface area contributed by atoms with E-state index in [4.69, 9.17) is 0 Å². The highest BCUT2D eigenvalue weighted by molar-refractivity contribution is 9.11. The molecule has 1 heterocycles. The maximum Gasteiger partial charge on any atom is 0.264 e. The van der Waals surface area contributed by atoms with Crippen molar-refractivity contribution >= 4 is 31.9 Å². The van der Waals surface area contributed by atoms with Gasteiger partial charge in [0.25, 0.3) is 5.56 Å². The summed E-state index contributed by atoms with van der Waals surface area (Å²) in [5.41, 5.74) is 0.0150. The molecular weight excluding hydrogens is 324 g/mol. The molecule has 1 unspecified atom stereocenters. The lowest BCUT2D eigenvalue weighted by molar-refractivity contribution is 0.453. The number of halogens is 2. The quantitative estimate of drug-likeness (QED) is 0.914. The van der Waals surface area contributed by atoms with E-state index >= 15 is 0 Å². The van der Waals surface area contributed by atoms with E-state index in [0.717, 1.165) is 17.6 Å². The average molecular weight is 338 g/mol. The molecule has 84 valence electrons. The number of hydrogen-bond donors (Lipinski definition) is 1. The third kappa shape index (κ3) is 3.74. The molecule has 0 aromatic carbocycles. The normalized spacial score (nSPS) is 12.8. The summed E-state index contributed by atoms with van der Waals surface area (Å²) in [4.78, 5) is 11.7. The van der Waals surface area contributed by atoms with Crippen LogP contribution in [0.4, 0.5) is 0 Å². The molecule has 0 aliphatic heterocycles. The first-order valence-corrected chi connectivity index (χ1v) is 6.33. The van der Waals surface area contributed by atoms with Crippen LogP contribution in [0.25, 0.3) is 0 Å². The minimum Gasteiger partial charge on any atom is -0.319 e. The number of nitrogens with one attached hydrogen (secondary N) is 1. The molecule has 1 aromatic heterocycles. The molecule has 0 spiro atoms. The molecular formula is C10H14Br2N2O. The van der Waals surface area contributed by atoms with E-state index in [0.29, 0.717) is 10.4 Å². The first kappa shape index (κ1) is 12.9. The molecule has 1 rings (SSSR count). The average Bonchev–Trinajstić information content (AvgIpc) is 2.13. The Morgan fingerprint density at radius 2 is 2.20 bits per heavy atom. The van der Waals surface area contributed by atoms with Crippen molar-refractivity contribution < 1.29 is 0 Å². The van der Waals surface area contributed by atoms with Crippen molar-refractivity contribution in [2.75, 3.05) is 13.6 Å².